The second-order valence-corrected chi connectivity index (χ2v) is 26.2. The summed E-state index contributed by atoms with van der Waals surface area (Å²) in [6.07, 6.45) is 6.95. The van der Waals surface area contributed by atoms with Crippen LogP contribution in [0.3, 0.4) is 0 Å². The third kappa shape index (κ3) is 33.3. The molecule has 0 fully saturated rings. The maximum Gasteiger partial charge on any atom is 0.243 e. The van der Waals surface area contributed by atoms with Crippen molar-refractivity contribution in [1.82, 2.24) is 53.2 Å². The minimum atomic E-state index is -1.34. The van der Waals surface area contributed by atoms with Gasteiger partial charge < -0.3 is 99.0 Å². The van der Waals surface area contributed by atoms with Gasteiger partial charge in [0.05, 0.1) is 6.04 Å². The zero-order valence-corrected chi connectivity index (χ0v) is 58.9. The van der Waals surface area contributed by atoms with E-state index in [9.17, 15) is 52.7 Å². The monoisotopic (exact) mass is 1380 g/mol. The normalized spacial score (nSPS) is 14.7. The van der Waals surface area contributed by atoms with E-state index in [1.807, 2.05) is 0 Å². The number of hydrogen-bond acceptors (Lipinski definition) is 18. The molecule has 0 bridgehead atoms. The van der Waals surface area contributed by atoms with Crippen molar-refractivity contribution in [2.24, 2.45) is 63.6 Å². The van der Waals surface area contributed by atoms with Crippen LogP contribution in [0.2, 0.25) is 0 Å². The molecule has 11 atom stereocenters. The van der Waals surface area contributed by atoms with Crippen molar-refractivity contribution in [3.05, 3.63) is 71.8 Å². The average Bonchev–Trinajstić information content (AvgIpc) is 0.870. The Morgan fingerprint density at radius 1 is 0.286 bits per heavy atom. The fourth-order valence-corrected chi connectivity index (χ4v) is 10.8. The molecule has 0 aliphatic heterocycles. The summed E-state index contributed by atoms with van der Waals surface area (Å²) in [6.45, 7) is 12.2. The van der Waals surface area contributed by atoms with Crippen LogP contribution in [-0.2, 0) is 65.6 Å². The molecule has 2 aromatic carbocycles. The molecule has 0 radical (unpaired) electrons. The summed E-state index contributed by atoms with van der Waals surface area (Å²) in [5, 5.41) is 27.9. The molecule has 0 aliphatic rings. The predicted octanol–water partition coefficient (Wildman–Crippen LogP) is -1.13. The molecule has 0 heterocycles. The average molecular weight is 1380 g/mol. The van der Waals surface area contributed by atoms with Crippen LogP contribution in [0.4, 0.5) is 0 Å². The fraction of sp³-hybridized carbons (Fsp3) is 0.667. The summed E-state index contributed by atoms with van der Waals surface area (Å²) < 4.78 is 0. The number of nitrogens with one attached hydrogen (secondary N) is 10. The largest absolute Gasteiger partial charge is 0.368 e. The van der Waals surface area contributed by atoms with E-state index in [0.717, 1.165) is 0 Å². The molecule has 0 aliphatic carbocycles. The highest BCUT2D eigenvalue weighted by atomic mass is 16.2. The van der Waals surface area contributed by atoms with Gasteiger partial charge in [-0.05, 0) is 177 Å². The van der Waals surface area contributed by atoms with Crippen molar-refractivity contribution >= 4 is 65.0 Å². The molecule has 0 unspecified atom stereocenters. The quantitative estimate of drug-likeness (QED) is 0.0349. The first-order chi connectivity index (χ1) is 46.8. The lowest BCUT2D eigenvalue weighted by molar-refractivity contribution is -0.137. The first kappa shape index (κ1) is 86.4. The van der Waals surface area contributed by atoms with Crippen LogP contribution in [-0.4, -0.2) is 171 Å². The van der Waals surface area contributed by atoms with Crippen LogP contribution in [0.25, 0.3) is 0 Å². The van der Waals surface area contributed by atoms with Crippen LogP contribution >= 0.6 is 0 Å². The number of hydrogen-bond donors (Lipinski definition) is 18. The maximum absolute atomic E-state index is 14.8. The third-order valence-corrected chi connectivity index (χ3v) is 16.8. The second-order valence-electron chi connectivity index (χ2n) is 26.2. The summed E-state index contributed by atoms with van der Waals surface area (Å²) in [4.78, 5) is 156. The molecule has 29 nitrogen and oxygen atoms in total. The van der Waals surface area contributed by atoms with Gasteiger partial charge in [0.15, 0.2) is 0 Å². The molecule has 98 heavy (non-hydrogen) atoms. The van der Waals surface area contributed by atoms with Gasteiger partial charge in [-0.1, -0.05) is 109 Å². The minimum absolute atomic E-state index is 0.0383. The molecule has 26 N–H and O–H groups in total. The third-order valence-electron chi connectivity index (χ3n) is 16.8. The number of rotatable bonds is 52. The van der Waals surface area contributed by atoms with E-state index in [1.54, 1.807) is 102 Å². The lowest BCUT2D eigenvalue weighted by Gasteiger charge is -2.30. The Morgan fingerprint density at radius 3 is 0.816 bits per heavy atom. The minimum Gasteiger partial charge on any atom is -0.368 e. The number of carbonyl (C=O) groups excluding carboxylic acids is 11. The molecule has 11 amide bonds. The molecule has 0 saturated heterocycles. The van der Waals surface area contributed by atoms with Crippen molar-refractivity contribution in [2.45, 2.75) is 236 Å². The first-order valence-corrected chi connectivity index (χ1v) is 35.1. The lowest BCUT2D eigenvalue weighted by Crippen LogP contribution is -2.62. The van der Waals surface area contributed by atoms with Crippen molar-refractivity contribution in [3.8, 4) is 0 Å². The molecule has 552 valence electrons. The Balaban J connectivity index is 2.53. The molecule has 2 aromatic rings. The van der Waals surface area contributed by atoms with E-state index in [1.165, 1.54) is 0 Å². The number of primary amides is 1. The molecule has 29 heteroatoms. The smallest absolute Gasteiger partial charge is 0.243 e. The number of unbranched alkanes of at least 4 members (excludes halogenated alkanes) is 6. The SMILES string of the molecule is CC(C)[C@H](NC(=O)[C@H](CCCCN)NC(=O)[C@H](Cc1ccccc1)NC(=O)[C@@H](NC(=O)[C@@H](NC(=O)[C@@H](CCCCN)NC(=O)[C@H](N)CCCCN)C(C)C)C(C)C)C(=O)N[C@@H](CCCCN)C(=O)N[C@@H](Cc1ccccc1)C(=O)N[C@@H](CCCCN)C(=O)N[C@@H](CCCCN)C(N)=O. The van der Waals surface area contributed by atoms with Gasteiger partial charge in [0.25, 0.3) is 0 Å². The number of carbonyl (C=O) groups is 11. The Hall–Kier alpha value is -7.67. The maximum atomic E-state index is 14.8. The van der Waals surface area contributed by atoms with E-state index >= 15 is 0 Å². The van der Waals surface area contributed by atoms with E-state index in [2.05, 4.69) is 53.2 Å². The van der Waals surface area contributed by atoms with Gasteiger partial charge >= 0.3 is 0 Å². The van der Waals surface area contributed by atoms with Crippen LogP contribution in [0.15, 0.2) is 60.7 Å². The van der Waals surface area contributed by atoms with E-state index in [0.29, 0.717) is 121 Å². The summed E-state index contributed by atoms with van der Waals surface area (Å²) in [6, 6.07) is 4.48. The topological polar surface area (TPSA) is 516 Å². The van der Waals surface area contributed by atoms with E-state index in [-0.39, 0.29) is 58.0 Å². The number of amides is 11. The van der Waals surface area contributed by atoms with Gasteiger partial charge in [0, 0.05) is 12.8 Å². The Morgan fingerprint density at radius 2 is 0.510 bits per heavy atom. The zero-order chi connectivity index (χ0) is 73.1. The standard InChI is InChI=1S/C69H120N18O11/c1-43(2)56(67(96)82-51(32-16-22-38-73)62(91)83-54(41-46-25-9-7-10-26-46)65(94)80-50(31-15-21-37-72)61(90)78-49(59(77)88)30-14-20-36-71)85-64(93)53(34-18-24-40-75)81-66(95)55(42-47-27-11-8-12-28-47)84-68(97)57(44(3)4)87-69(98)58(45(5)6)86-63(92)52(33-17-23-39-74)79-60(89)48(76)29-13-19-35-70/h7-12,25-28,43-45,48-58H,13-24,29-42,70-76H2,1-6H3,(H2,77,88)(H,78,90)(H,79,89)(H,80,94)(H,81,95)(H,82,96)(H,83,91)(H,84,97)(H,85,93)(H,86,92)(H,87,98)/t48-,49+,50+,51+,52-,53+,54+,55+,56+,57+,58+/m1/s1. The van der Waals surface area contributed by atoms with Gasteiger partial charge in [0.2, 0.25) is 65.0 Å². The van der Waals surface area contributed by atoms with Crippen LogP contribution in [0.1, 0.15) is 168 Å². The molecule has 2 rings (SSSR count). The van der Waals surface area contributed by atoms with Crippen LogP contribution in [0.5, 0.6) is 0 Å². The summed E-state index contributed by atoms with van der Waals surface area (Å²) >= 11 is 0. The molecular weight excluding hydrogens is 1260 g/mol. The molecule has 0 saturated carbocycles. The molecule has 0 spiro atoms. The fourth-order valence-electron chi connectivity index (χ4n) is 10.8. The Kier molecular flexibility index (Phi) is 43.2. The van der Waals surface area contributed by atoms with Crippen molar-refractivity contribution in [1.29, 1.82) is 0 Å². The summed E-state index contributed by atoms with van der Waals surface area (Å²) in [5.41, 5.74) is 47.7. The Labute approximate surface area is 579 Å². The summed E-state index contributed by atoms with van der Waals surface area (Å²) in [7, 11) is 0. The van der Waals surface area contributed by atoms with E-state index in [4.69, 9.17) is 45.9 Å². The van der Waals surface area contributed by atoms with Crippen molar-refractivity contribution in [2.75, 3.05) is 39.3 Å². The zero-order valence-electron chi connectivity index (χ0n) is 58.9. The predicted molar refractivity (Wildman–Crippen MR) is 379 cm³/mol. The highest BCUT2D eigenvalue weighted by Crippen LogP contribution is 2.16. The van der Waals surface area contributed by atoms with Gasteiger partial charge in [0.1, 0.15) is 60.4 Å². The van der Waals surface area contributed by atoms with Gasteiger partial charge in [-0.15, -0.1) is 0 Å². The summed E-state index contributed by atoms with van der Waals surface area (Å²) in [5.74, 6) is -9.51. The highest BCUT2D eigenvalue weighted by Gasteiger charge is 2.38. The Bertz CT molecular complexity index is 2730. The molecular formula is C69H120N18O11. The van der Waals surface area contributed by atoms with Crippen molar-refractivity contribution < 1.29 is 52.7 Å². The lowest BCUT2D eigenvalue weighted by atomic mass is 9.98. The second kappa shape index (κ2) is 48.9. The van der Waals surface area contributed by atoms with Crippen LogP contribution < -0.4 is 99.0 Å². The van der Waals surface area contributed by atoms with Gasteiger partial charge in [-0.25, -0.2) is 0 Å². The van der Waals surface area contributed by atoms with Crippen molar-refractivity contribution in [3.63, 3.8) is 0 Å². The number of benzene rings is 2. The first-order valence-electron chi connectivity index (χ1n) is 35.1. The van der Waals surface area contributed by atoms with Crippen LogP contribution in [0, 0.1) is 17.8 Å². The van der Waals surface area contributed by atoms with Gasteiger partial charge in [-0.3, -0.25) is 52.7 Å². The highest BCUT2D eigenvalue weighted by molar-refractivity contribution is 5.99. The molecule has 0 aromatic heterocycles. The van der Waals surface area contributed by atoms with E-state index < -0.39 is 149 Å². The number of nitrogens with two attached hydrogens (primary N) is 8. The van der Waals surface area contributed by atoms with Gasteiger partial charge in [-0.2, -0.15) is 0 Å².